The lowest BCUT2D eigenvalue weighted by Crippen LogP contribution is -2.38. The number of nitrogens with zero attached hydrogens (tertiary/aromatic N) is 1. The molecule has 1 rings (SSSR count). The van der Waals surface area contributed by atoms with Crippen LogP contribution in [0.4, 0.5) is 4.39 Å². The van der Waals surface area contributed by atoms with Crippen molar-refractivity contribution in [2.75, 3.05) is 13.6 Å². The summed E-state index contributed by atoms with van der Waals surface area (Å²) in [4.78, 5) is 2.25. The molecule has 0 aliphatic rings. The molecule has 0 heterocycles. The molecule has 0 radical (unpaired) electrons. The van der Waals surface area contributed by atoms with Crippen molar-refractivity contribution in [3.05, 3.63) is 34.1 Å². The Morgan fingerprint density at radius 2 is 1.94 bits per heavy atom. The van der Waals surface area contributed by atoms with E-state index in [4.69, 9.17) is 5.73 Å². The van der Waals surface area contributed by atoms with Gasteiger partial charge in [0.15, 0.2) is 0 Å². The first kappa shape index (κ1) is 15.6. The molecular weight excluding hydrogens is 295 g/mol. The first-order chi connectivity index (χ1) is 8.54. The summed E-state index contributed by atoms with van der Waals surface area (Å²) in [5.41, 5.74) is 6.81. The van der Waals surface area contributed by atoms with E-state index >= 15 is 0 Å². The van der Waals surface area contributed by atoms with Crippen molar-refractivity contribution >= 4 is 15.9 Å². The lowest BCUT2D eigenvalue weighted by Gasteiger charge is -2.34. The summed E-state index contributed by atoms with van der Waals surface area (Å²) < 4.78 is 14.3. The van der Waals surface area contributed by atoms with Gasteiger partial charge in [-0.2, -0.15) is 0 Å². The lowest BCUT2D eigenvalue weighted by atomic mass is 10.0. The van der Waals surface area contributed by atoms with Gasteiger partial charge < -0.3 is 5.73 Å². The van der Waals surface area contributed by atoms with E-state index in [0.717, 1.165) is 22.9 Å². The van der Waals surface area contributed by atoms with Crippen LogP contribution in [0, 0.1) is 5.82 Å². The zero-order chi connectivity index (χ0) is 13.7. The minimum absolute atomic E-state index is 0.0416. The van der Waals surface area contributed by atoms with Crippen molar-refractivity contribution in [2.45, 2.75) is 38.8 Å². The number of hydrogen-bond acceptors (Lipinski definition) is 2. The predicted octanol–water partition coefficient (Wildman–Crippen LogP) is 3.71. The average Bonchev–Trinajstić information content (AvgIpc) is 2.36. The molecule has 1 unspecified atom stereocenters. The van der Waals surface area contributed by atoms with Gasteiger partial charge in [0.2, 0.25) is 0 Å². The lowest BCUT2D eigenvalue weighted by molar-refractivity contribution is 0.167. The topological polar surface area (TPSA) is 29.3 Å². The maximum absolute atomic E-state index is 13.4. The number of nitrogens with two attached hydrogens (primary N) is 1. The summed E-state index contributed by atoms with van der Waals surface area (Å²) in [5.74, 6) is -0.218. The third kappa shape index (κ3) is 3.53. The first-order valence-corrected chi connectivity index (χ1v) is 7.21. The number of halogens is 2. The van der Waals surface area contributed by atoms with Crippen LogP contribution in [0.25, 0.3) is 0 Å². The number of benzene rings is 1. The second-order valence-corrected chi connectivity index (χ2v) is 5.41. The fourth-order valence-electron chi connectivity index (χ4n) is 2.40. The van der Waals surface area contributed by atoms with Crippen LogP contribution >= 0.6 is 15.9 Å². The van der Waals surface area contributed by atoms with E-state index in [1.165, 1.54) is 6.07 Å². The Labute approximate surface area is 117 Å². The summed E-state index contributed by atoms with van der Waals surface area (Å²) in [5, 5.41) is 0. The van der Waals surface area contributed by atoms with Crippen LogP contribution in [-0.2, 0) is 0 Å². The largest absolute Gasteiger partial charge is 0.329 e. The second kappa shape index (κ2) is 7.22. The third-order valence-corrected chi connectivity index (χ3v) is 4.27. The van der Waals surface area contributed by atoms with E-state index in [1.54, 1.807) is 12.1 Å². The van der Waals surface area contributed by atoms with Gasteiger partial charge >= 0.3 is 0 Å². The standard InChI is InChI=1S/C14H22BrFN2/c1-4-11(5-2)18(3)14(9-17)12-8-10(16)6-7-13(12)15/h6-8,11,14H,4-5,9,17H2,1-3H3. The monoisotopic (exact) mass is 316 g/mol. The van der Waals surface area contributed by atoms with Crippen molar-refractivity contribution in [1.29, 1.82) is 0 Å². The highest BCUT2D eigenvalue weighted by molar-refractivity contribution is 9.10. The minimum Gasteiger partial charge on any atom is -0.329 e. The van der Waals surface area contributed by atoms with Crippen LogP contribution in [0.3, 0.4) is 0 Å². The summed E-state index contributed by atoms with van der Waals surface area (Å²) in [6, 6.07) is 5.28. The summed E-state index contributed by atoms with van der Waals surface area (Å²) in [6.07, 6.45) is 2.13. The first-order valence-electron chi connectivity index (χ1n) is 6.42. The molecule has 2 N–H and O–H groups in total. The van der Waals surface area contributed by atoms with Gasteiger partial charge in [0.05, 0.1) is 0 Å². The Bertz CT molecular complexity index is 380. The van der Waals surface area contributed by atoms with E-state index in [1.807, 2.05) is 0 Å². The Hall–Kier alpha value is -0.450. The molecule has 0 amide bonds. The highest BCUT2D eigenvalue weighted by atomic mass is 79.9. The molecule has 102 valence electrons. The summed E-state index contributed by atoms with van der Waals surface area (Å²) in [7, 11) is 2.06. The molecule has 0 aromatic heterocycles. The average molecular weight is 317 g/mol. The van der Waals surface area contributed by atoms with Gasteiger partial charge in [0.25, 0.3) is 0 Å². The van der Waals surface area contributed by atoms with Gasteiger partial charge in [-0.1, -0.05) is 29.8 Å². The molecule has 0 aliphatic heterocycles. The molecule has 18 heavy (non-hydrogen) atoms. The van der Waals surface area contributed by atoms with Crippen molar-refractivity contribution < 1.29 is 4.39 Å². The SMILES string of the molecule is CCC(CC)N(C)C(CN)c1cc(F)ccc1Br. The van der Waals surface area contributed by atoms with Crippen LogP contribution in [0.15, 0.2) is 22.7 Å². The quantitative estimate of drug-likeness (QED) is 0.867. The smallest absolute Gasteiger partial charge is 0.123 e. The highest BCUT2D eigenvalue weighted by Gasteiger charge is 2.23. The van der Waals surface area contributed by atoms with Crippen LogP contribution in [0.1, 0.15) is 38.3 Å². The number of rotatable bonds is 6. The van der Waals surface area contributed by atoms with E-state index in [9.17, 15) is 4.39 Å². The van der Waals surface area contributed by atoms with Crippen molar-refractivity contribution in [2.24, 2.45) is 5.73 Å². The van der Waals surface area contributed by atoms with Crippen molar-refractivity contribution in [3.63, 3.8) is 0 Å². The van der Waals surface area contributed by atoms with E-state index in [0.29, 0.717) is 12.6 Å². The summed E-state index contributed by atoms with van der Waals surface area (Å²) in [6.45, 7) is 4.81. The van der Waals surface area contributed by atoms with Gasteiger partial charge in [-0.05, 0) is 43.7 Å². The molecule has 0 saturated carbocycles. The Morgan fingerprint density at radius 3 is 2.44 bits per heavy atom. The molecule has 2 nitrogen and oxygen atoms in total. The van der Waals surface area contributed by atoms with Gasteiger partial charge in [-0.25, -0.2) is 4.39 Å². The zero-order valence-electron chi connectivity index (χ0n) is 11.3. The van der Waals surface area contributed by atoms with E-state index in [-0.39, 0.29) is 11.9 Å². The van der Waals surface area contributed by atoms with Crippen molar-refractivity contribution in [1.82, 2.24) is 4.90 Å². The maximum atomic E-state index is 13.4. The Morgan fingerprint density at radius 1 is 1.33 bits per heavy atom. The number of likely N-dealkylation sites (N-methyl/N-ethyl adjacent to an activating group) is 1. The third-order valence-electron chi connectivity index (χ3n) is 3.55. The van der Waals surface area contributed by atoms with Crippen LogP contribution in [0.5, 0.6) is 0 Å². The molecule has 0 aliphatic carbocycles. The molecule has 1 atom stereocenters. The maximum Gasteiger partial charge on any atom is 0.123 e. The van der Waals surface area contributed by atoms with E-state index < -0.39 is 0 Å². The van der Waals surface area contributed by atoms with Crippen LogP contribution in [-0.4, -0.2) is 24.5 Å². The highest BCUT2D eigenvalue weighted by Crippen LogP contribution is 2.29. The minimum atomic E-state index is -0.218. The van der Waals surface area contributed by atoms with Crippen molar-refractivity contribution in [3.8, 4) is 0 Å². The van der Waals surface area contributed by atoms with E-state index in [2.05, 4.69) is 41.7 Å². The Balaban J connectivity index is 3.05. The predicted molar refractivity (Wildman–Crippen MR) is 78.0 cm³/mol. The fourth-order valence-corrected chi connectivity index (χ4v) is 2.91. The van der Waals surface area contributed by atoms with Crippen LogP contribution in [0.2, 0.25) is 0 Å². The second-order valence-electron chi connectivity index (χ2n) is 4.55. The fraction of sp³-hybridized carbons (Fsp3) is 0.571. The molecule has 1 aromatic rings. The zero-order valence-corrected chi connectivity index (χ0v) is 12.9. The number of hydrogen-bond donors (Lipinski definition) is 1. The van der Waals surface area contributed by atoms with Gasteiger partial charge in [-0.3, -0.25) is 4.90 Å². The molecule has 4 heteroatoms. The van der Waals surface area contributed by atoms with Crippen LogP contribution < -0.4 is 5.73 Å². The molecule has 0 fully saturated rings. The normalized spacial score (nSPS) is 13.3. The molecule has 1 aromatic carbocycles. The van der Waals surface area contributed by atoms with Gasteiger partial charge in [0.1, 0.15) is 5.82 Å². The van der Waals surface area contributed by atoms with Gasteiger partial charge in [0, 0.05) is 23.1 Å². The molecule has 0 spiro atoms. The summed E-state index contributed by atoms with van der Waals surface area (Å²) >= 11 is 3.48. The Kier molecular flexibility index (Phi) is 6.26. The molecule has 0 bridgehead atoms. The molecule has 0 saturated heterocycles. The molecular formula is C14H22BrFN2. The van der Waals surface area contributed by atoms with Gasteiger partial charge in [-0.15, -0.1) is 0 Å².